The lowest BCUT2D eigenvalue weighted by Gasteiger charge is -1.96. The Morgan fingerprint density at radius 2 is 2.23 bits per heavy atom. The lowest BCUT2D eigenvalue weighted by atomic mass is 10.4. The molecule has 1 aromatic rings. The van der Waals surface area contributed by atoms with E-state index >= 15 is 0 Å². The second kappa shape index (κ2) is 4.07. The van der Waals surface area contributed by atoms with Gasteiger partial charge in [0.05, 0.1) is 12.3 Å². The van der Waals surface area contributed by atoms with Crippen LogP contribution in [0.15, 0.2) is 4.42 Å². The molecule has 72 valence electrons. The molecule has 0 amide bonds. The van der Waals surface area contributed by atoms with Gasteiger partial charge in [-0.2, -0.15) is 0 Å². The van der Waals surface area contributed by atoms with Gasteiger partial charge in [0.25, 0.3) is 0 Å². The number of aromatic nitrogens is 1. The number of ether oxygens (including phenoxy) is 1. The standard InChI is InChI=1S/C9H13NO3/c1-4-12-9(11)5-8-10-6(2)7(3)13-8/h4-5H2,1-3H3. The van der Waals surface area contributed by atoms with Crippen LogP contribution in [0.2, 0.25) is 0 Å². The van der Waals surface area contributed by atoms with Crippen LogP contribution < -0.4 is 0 Å². The number of hydrogen-bond acceptors (Lipinski definition) is 4. The van der Waals surface area contributed by atoms with Crippen molar-refractivity contribution in [3.8, 4) is 0 Å². The molecule has 0 aliphatic heterocycles. The average molecular weight is 183 g/mol. The zero-order chi connectivity index (χ0) is 9.84. The van der Waals surface area contributed by atoms with E-state index in [9.17, 15) is 4.79 Å². The molecule has 0 unspecified atom stereocenters. The summed E-state index contributed by atoms with van der Waals surface area (Å²) in [5.41, 5.74) is 0.819. The number of carbonyl (C=O) groups excluding carboxylic acids is 1. The van der Waals surface area contributed by atoms with Crippen molar-refractivity contribution in [2.45, 2.75) is 27.2 Å². The smallest absolute Gasteiger partial charge is 0.315 e. The number of esters is 1. The summed E-state index contributed by atoms with van der Waals surface area (Å²) in [6.07, 6.45) is 0.114. The summed E-state index contributed by atoms with van der Waals surface area (Å²) in [4.78, 5) is 15.1. The maximum atomic E-state index is 11.0. The van der Waals surface area contributed by atoms with E-state index in [1.54, 1.807) is 6.92 Å². The number of hydrogen-bond donors (Lipinski definition) is 0. The van der Waals surface area contributed by atoms with Crippen LogP contribution >= 0.6 is 0 Å². The molecule has 0 saturated heterocycles. The van der Waals surface area contributed by atoms with Crippen LogP contribution in [-0.4, -0.2) is 17.6 Å². The van der Waals surface area contributed by atoms with E-state index in [0.29, 0.717) is 12.5 Å². The maximum Gasteiger partial charge on any atom is 0.315 e. The van der Waals surface area contributed by atoms with E-state index in [0.717, 1.165) is 11.5 Å². The molecule has 0 N–H and O–H groups in total. The Kier molecular flexibility index (Phi) is 3.06. The van der Waals surface area contributed by atoms with Gasteiger partial charge in [-0.3, -0.25) is 4.79 Å². The van der Waals surface area contributed by atoms with E-state index in [2.05, 4.69) is 4.98 Å². The van der Waals surface area contributed by atoms with Gasteiger partial charge < -0.3 is 9.15 Å². The Morgan fingerprint density at radius 3 is 2.69 bits per heavy atom. The molecular formula is C9H13NO3. The highest BCUT2D eigenvalue weighted by molar-refractivity contribution is 5.71. The Hall–Kier alpha value is -1.32. The predicted octanol–water partition coefficient (Wildman–Crippen LogP) is 1.40. The highest BCUT2D eigenvalue weighted by atomic mass is 16.5. The molecule has 1 heterocycles. The first kappa shape index (κ1) is 9.77. The summed E-state index contributed by atoms with van der Waals surface area (Å²) in [5.74, 6) is 0.872. The van der Waals surface area contributed by atoms with Crippen molar-refractivity contribution in [1.29, 1.82) is 0 Å². The highest BCUT2D eigenvalue weighted by Gasteiger charge is 2.10. The Morgan fingerprint density at radius 1 is 1.54 bits per heavy atom. The van der Waals surface area contributed by atoms with Crippen LogP contribution in [0.3, 0.4) is 0 Å². The molecule has 4 heteroatoms. The molecule has 0 atom stereocenters. The van der Waals surface area contributed by atoms with Crippen molar-refractivity contribution in [3.63, 3.8) is 0 Å². The van der Waals surface area contributed by atoms with E-state index in [4.69, 9.17) is 9.15 Å². The fourth-order valence-electron chi connectivity index (χ4n) is 0.950. The number of nitrogens with zero attached hydrogens (tertiary/aromatic N) is 1. The lowest BCUT2D eigenvalue weighted by molar-refractivity contribution is -0.142. The minimum atomic E-state index is -0.302. The van der Waals surface area contributed by atoms with Gasteiger partial charge in [-0.1, -0.05) is 0 Å². The third kappa shape index (κ3) is 2.57. The normalized spacial score (nSPS) is 10.1. The van der Waals surface area contributed by atoms with Crippen molar-refractivity contribution >= 4 is 5.97 Å². The first-order valence-corrected chi connectivity index (χ1v) is 4.22. The van der Waals surface area contributed by atoms with Gasteiger partial charge in [0.1, 0.15) is 12.2 Å². The molecule has 0 bridgehead atoms. The monoisotopic (exact) mass is 183 g/mol. The Balaban J connectivity index is 2.59. The van der Waals surface area contributed by atoms with Crippen molar-refractivity contribution in [1.82, 2.24) is 4.98 Å². The third-order valence-corrected chi connectivity index (χ3v) is 1.67. The maximum absolute atomic E-state index is 11.0. The molecule has 1 aromatic heterocycles. The van der Waals surface area contributed by atoms with Crippen LogP contribution in [0.1, 0.15) is 24.3 Å². The lowest BCUT2D eigenvalue weighted by Crippen LogP contribution is -2.07. The summed E-state index contributed by atoms with van der Waals surface area (Å²) in [6.45, 7) is 5.81. The highest BCUT2D eigenvalue weighted by Crippen LogP contribution is 2.08. The summed E-state index contributed by atoms with van der Waals surface area (Å²) in [6, 6.07) is 0. The molecule has 0 aliphatic rings. The second-order valence-electron chi connectivity index (χ2n) is 2.73. The zero-order valence-electron chi connectivity index (χ0n) is 8.09. The van der Waals surface area contributed by atoms with Gasteiger partial charge in [0, 0.05) is 0 Å². The van der Waals surface area contributed by atoms with Crippen molar-refractivity contribution in [2.75, 3.05) is 6.61 Å². The average Bonchev–Trinajstić information content (AvgIpc) is 2.31. The van der Waals surface area contributed by atoms with Gasteiger partial charge in [-0.15, -0.1) is 0 Å². The van der Waals surface area contributed by atoms with E-state index in [1.807, 2.05) is 13.8 Å². The van der Waals surface area contributed by atoms with Crippen LogP contribution in [0.25, 0.3) is 0 Å². The minimum Gasteiger partial charge on any atom is -0.466 e. The van der Waals surface area contributed by atoms with Gasteiger partial charge in [-0.25, -0.2) is 4.98 Å². The van der Waals surface area contributed by atoms with Crippen LogP contribution in [0.5, 0.6) is 0 Å². The first-order valence-electron chi connectivity index (χ1n) is 4.22. The fraction of sp³-hybridized carbons (Fsp3) is 0.556. The van der Waals surface area contributed by atoms with Gasteiger partial charge in [-0.05, 0) is 20.8 Å². The second-order valence-corrected chi connectivity index (χ2v) is 2.73. The van der Waals surface area contributed by atoms with Gasteiger partial charge in [0.2, 0.25) is 5.89 Å². The van der Waals surface area contributed by atoms with Crippen LogP contribution in [-0.2, 0) is 16.0 Å². The number of aryl methyl sites for hydroxylation is 2. The molecule has 0 aromatic carbocycles. The number of rotatable bonds is 3. The molecule has 0 fully saturated rings. The van der Waals surface area contributed by atoms with Crippen molar-refractivity contribution < 1.29 is 13.9 Å². The van der Waals surface area contributed by atoms with Crippen LogP contribution in [0.4, 0.5) is 0 Å². The third-order valence-electron chi connectivity index (χ3n) is 1.67. The molecule has 0 spiro atoms. The topological polar surface area (TPSA) is 52.3 Å². The van der Waals surface area contributed by atoms with Gasteiger partial charge in [0.15, 0.2) is 0 Å². The summed E-state index contributed by atoms with van der Waals surface area (Å²) < 4.78 is 9.98. The van der Waals surface area contributed by atoms with E-state index in [-0.39, 0.29) is 12.4 Å². The molecule has 0 aliphatic carbocycles. The molecule has 4 nitrogen and oxygen atoms in total. The molecule has 13 heavy (non-hydrogen) atoms. The van der Waals surface area contributed by atoms with Crippen LogP contribution in [0, 0.1) is 13.8 Å². The van der Waals surface area contributed by atoms with E-state index < -0.39 is 0 Å². The zero-order valence-corrected chi connectivity index (χ0v) is 8.09. The Labute approximate surface area is 76.9 Å². The number of carbonyl (C=O) groups is 1. The molecular weight excluding hydrogens is 170 g/mol. The minimum absolute atomic E-state index is 0.114. The summed E-state index contributed by atoms with van der Waals surface area (Å²) in [5, 5.41) is 0. The summed E-state index contributed by atoms with van der Waals surface area (Å²) >= 11 is 0. The number of oxazole rings is 1. The molecule has 0 radical (unpaired) electrons. The fourth-order valence-corrected chi connectivity index (χ4v) is 0.950. The largest absolute Gasteiger partial charge is 0.466 e. The van der Waals surface area contributed by atoms with Gasteiger partial charge >= 0.3 is 5.97 Å². The quantitative estimate of drug-likeness (QED) is 0.664. The molecule has 0 saturated carbocycles. The SMILES string of the molecule is CCOC(=O)Cc1nc(C)c(C)o1. The van der Waals surface area contributed by atoms with Crippen molar-refractivity contribution in [3.05, 3.63) is 17.3 Å². The Bertz CT molecular complexity index is 284. The molecule has 1 rings (SSSR count). The summed E-state index contributed by atoms with van der Waals surface area (Å²) in [7, 11) is 0. The predicted molar refractivity (Wildman–Crippen MR) is 46.3 cm³/mol. The first-order chi connectivity index (χ1) is 6.13. The van der Waals surface area contributed by atoms with Crippen molar-refractivity contribution in [2.24, 2.45) is 0 Å². The van der Waals surface area contributed by atoms with E-state index in [1.165, 1.54) is 0 Å².